The van der Waals surface area contributed by atoms with Gasteiger partial charge in [0.05, 0.1) is 6.61 Å². The zero-order valence-electron chi connectivity index (χ0n) is 13.2. The van der Waals surface area contributed by atoms with Crippen LogP contribution in [0.4, 0.5) is 4.79 Å². The number of carbonyl (C=O) groups excluding carboxylic acids is 2. The molecule has 0 aromatic carbocycles. The van der Waals surface area contributed by atoms with Gasteiger partial charge < -0.3 is 14.4 Å². The van der Waals surface area contributed by atoms with Crippen LogP contribution in [0.2, 0.25) is 0 Å². The predicted octanol–water partition coefficient (Wildman–Crippen LogP) is 2.51. The summed E-state index contributed by atoms with van der Waals surface area (Å²) in [6.45, 7) is 3.47. The van der Waals surface area contributed by atoms with Crippen molar-refractivity contribution in [2.24, 2.45) is 10.9 Å². The van der Waals surface area contributed by atoms with Crippen molar-refractivity contribution in [3.63, 3.8) is 0 Å². The largest absolute Gasteiger partial charge is 0.450 e. The van der Waals surface area contributed by atoms with E-state index >= 15 is 0 Å². The maximum absolute atomic E-state index is 12.2. The Morgan fingerprint density at radius 3 is 2.64 bits per heavy atom. The zero-order chi connectivity index (χ0) is 15.6. The molecule has 3 rings (SSSR count). The number of hydrogen-bond acceptors (Lipinski definition) is 5. The summed E-state index contributed by atoms with van der Waals surface area (Å²) in [6.07, 6.45) is 6.21. The lowest BCUT2D eigenvalue weighted by Crippen LogP contribution is -2.40. The standard InChI is InChI=1S/C16H24N2O4/c1-2-21-15(20)18-10-6-12(7-11-18)13-17-16(14(19)22-13)8-4-3-5-9-16/h12H,2-11H2,1H3. The number of hydrogen-bond donors (Lipinski definition) is 0. The average molecular weight is 308 g/mol. The molecule has 6 nitrogen and oxygen atoms in total. The van der Waals surface area contributed by atoms with E-state index in [1.807, 2.05) is 0 Å². The number of cyclic esters (lactones) is 1. The van der Waals surface area contributed by atoms with E-state index in [2.05, 4.69) is 0 Å². The Morgan fingerprint density at radius 2 is 2.00 bits per heavy atom. The van der Waals surface area contributed by atoms with Gasteiger partial charge in [-0.2, -0.15) is 0 Å². The molecular formula is C16H24N2O4. The number of rotatable bonds is 2. The highest BCUT2D eigenvalue weighted by Gasteiger charge is 2.48. The van der Waals surface area contributed by atoms with Crippen LogP contribution >= 0.6 is 0 Å². The SMILES string of the molecule is CCOC(=O)N1CCC(C2=NC3(CCCCC3)C(=O)O2)CC1. The number of carbonyl (C=O) groups is 2. The monoisotopic (exact) mass is 308 g/mol. The fourth-order valence-corrected chi connectivity index (χ4v) is 3.62. The molecule has 1 spiro atoms. The first-order chi connectivity index (χ1) is 10.6. The van der Waals surface area contributed by atoms with Crippen molar-refractivity contribution in [2.75, 3.05) is 19.7 Å². The summed E-state index contributed by atoms with van der Waals surface area (Å²) >= 11 is 0. The molecular weight excluding hydrogens is 284 g/mol. The molecule has 2 heterocycles. The van der Waals surface area contributed by atoms with Crippen LogP contribution in [0.5, 0.6) is 0 Å². The highest BCUT2D eigenvalue weighted by atomic mass is 16.6. The van der Waals surface area contributed by atoms with E-state index in [9.17, 15) is 9.59 Å². The van der Waals surface area contributed by atoms with Crippen LogP contribution in [0.25, 0.3) is 0 Å². The molecule has 0 atom stereocenters. The minimum absolute atomic E-state index is 0.149. The molecule has 0 aromatic heterocycles. The Bertz CT molecular complexity index is 475. The molecule has 1 saturated carbocycles. The van der Waals surface area contributed by atoms with Gasteiger partial charge in [0.25, 0.3) is 0 Å². The van der Waals surface area contributed by atoms with Crippen LogP contribution in [0, 0.1) is 5.92 Å². The molecule has 6 heteroatoms. The van der Waals surface area contributed by atoms with E-state index in [0.717, 1.165) is 38.5 Å². The minimum atomic E-state index is -0.591. The van der Waals surface area contributed by atoms with Crippen LogP contribution < -0.4 is 0 Å². The maximum atomic E-state index is 12.2. The van der Waals surface area contributed by atoms with Gasteiger partial charge in [-0.25, -0.2) is 14.6 Å². The molecule has 2 aliphatic heterocycles. The predicted molar refractivity (Wildman–Crippen MR) is 80.7 cm³/mol. The maximum Gasteiger partial charge on any atom is 0.409 e. The van der Waals surface area contributed by atoms with Crippen molar-refractivity contribution in [1.29, 1.82) is 0 Å². The summed E-state index contributed by atoms with van der Waals surface area (Å²) in [7, 11) is 0. The second-order valence-electron chi connectivity index (χ2n) is 6.39. The lowest BCUT2D eigenvalue weighted by Gasteiger charge is -2.30. The third-order valence-electron chi connectivity index (χ3n) is 4.95. The van der Waals surface area contributed by atoms with E-state index in [0.29, 0.717) is 25.6 Å². The van der Waals surface area contributed by atoms with Gasteiger partial charge in [-0.3, -0.25) is 0 Å². The van der Waals surface area contributed by atoms with Crippen LogP contribution in [-0.4, -0.2) is 48.1 Å². The van der Waals surface area contributed by atoms with Gasteiger partial charge >= 0.3 is 12.1 Å². The third-order valence-corrected chi connectivity index (χ3v) is 4.95. The number of piperidine rings is 1. The fourth-order valence-electron chi connectivity index (χ4n) is 3.62. The first-order valence-electron chi connectivity index (χ1n) is 8.38. The van der Waals surface area contributed by atoms with Crippen LogP contribution in [-0.2, 0) is 14.3 Å². The molecule has 3 aliphatic rings. The third kappa shape index (κ3) is 2.83. The Kier molecular flexibility index (Phi) is 4.36. The lowest BCUT2D eigenvalue weighted by molar-refractivity contribution is -0.140. The van der Waals surface area contributed by atoms with Crippen molar-refractivity contribution in [2.45, 2.75) is 57.4 Å². The van der Waals surface area contributed by atoms with Gasteiger partial charge in [0.1, 0.15) is 0 Å². The topological polar surface area (TPSA) is 68.2 Å². The molecule has 0 N–H and O–H groups in total. The molecule has 0 radical (unpaired) electrons. The van der Waals surface area contributed by atoms with Gasteiger partial charge in [-0.05, 0) is 32.6 Å². The molecule has 2 fully saturated rings. The van der Waals surface area contributed by atoms with E-state index < -0.39 is 5.54 Å². The second kappa shape index (κ2) is 6.26. The van der Waals surface area contributed by atoms with Crippen molar-refractivity contribution >= 4 is 18.0 Å². The zero-order valence-corrected chi connectivity index (χ0v) is 13.2. The van der Waals surface area contributed by atoms with Crippen LogP contribution in [0.1, 0.15) is 51.9 Å². The fraction of sp³-hybridized carbons (Fsp3) is 0.812. The Hall–Kier alpha value is -1.59. The van der Waals surface area contributed by atoms with Crippen molar-refractivity contribution < 1.29 is 19.1 Å². The summed E-state index contributed by atoms with van der Waals surface area (Å²) < 4.78 is 10.5. The first kappa shape index (κ1) is 15.3. The molecule has 0 bridgehead atoms. The van der Waals surface area contributed by atoms with E-state index in [1.54, 1.807) is 11.8 Å². The van der Waals surface area contributed by atoms with Crippen LogP contribution in [0.3, 0.4) is 0 Å². The minimum Gasteiger partial charge on any atom is -0.450 e. The summed E-state index contributed by atoms with van der Waals surface area (Å²) in [5.41, 5.74) is -0.591. The second-order valence-corrected chi connectivity index (χ2v) is 6.39. The van der Waals surface area contributed by atoms with Crippen LogP contribution in [0.15, 0.2) is 4.99 Å². The smallest absolute Gasteiger partial charge is 0.409 e. The number of esters is 1. The molecule has 1 aliphatic carbocycles. The summed E-state index contributed by atoms with van der Waals surface area (Å²) in [5, 5.41) is 0. The van der Waals surface area contributed by atoms with E-state index in [-0.39, 0.29) is 18.0 Å². The molecule has 1 amide bonds. The quantitative estimate of drug-likeness (QED) is 0.735. The summed E-state index contributed by atoms with van der Waals surface area (Å²) in [4.78, 5) is 30.4. The number of likely N-dealkylation sites (tertiary alicyclic amines) is 1. The number of ether oxygens (including phenoxy) is 2. The molecule has 22 heavy (non-hydrogen) atoms. The highest BCUT2D eigenvalue weighted by molar-refractivity contribution is 6.01. The number of aliphatic imine (C=N–C) groups is 1. The molecule has 0 aromatic rings. The van der Waals surface area contributed by atoms with Crippen molar-refractivity contribution in [1.82, 2.24) is 4.90 Å². The van der Waals surface area contributed by atoms with Gasteiger partial charge in [-0.15, -0.1) is 0 Å². The Morgan fingerprint density at radius 1 is 1.32 bits per heavy atom. The van der Waals surface area contributed by atoms with Gasteiger partial charge in [0, 0.05) is 19.0 Å². The number of amides is 1. The normalized spacial score (nSPS) is 25.0. The lowest BCUT2D eigenvalue weighted by atomic mass is 9.82. The Balaban J connectivity index is 1.61. The van der Waals surface area contributed by atoms with Gasteiger partial charge in [0.2, 0.25) is 0 Å². The van der Waals surface area contributed by atoms with Gasteiger partial charge in [0.15, 0.2) is 11.4 Å². The van der Waals surface area contributed by atoms with Crippen molar-refractivity contribution in [3.05, 3.63) is 0 Å². The molecule has 0 unspecified atom stereocenters. The summed E-state index contributed by atoms with van der Waals surface area (Å²) in [6, 6.07) is 0. The summed E-state index contributed by atoms with van der Waals surface area (Å²) in [5.74, 6) is 0.598. The average Bonchev–Trinajstić information content (AvgIpc) is 2.85. The Labute approximate surface area is 130 Å². The van der Waals surface area contributed by atoms with Gasteiger partial charge in [-0.1, -0.05) is 19.3 Å². The van der Waals surface area contributed by atoms with Crippen molar-refractivity contribution in [3.8, 4) is 0 Å². The first-order valence-corrected chi connectivity index (χ1v) is 8.38. The van der Waals surface area contributed by atoms with E-state index in [4.69, 9.17) is 14.5 Å². The highest BCUT2D eigenvalue weighted by Crippen LogP contribution is 2.38. The molecule has 122 valence electrons. The molecule has 1 saturated heterocycles. The van der Waals surface area contributed by atoms with E-state index in [1.165, 1.54) is 6.42 Å². The number of nitrogens with zero attached hydrogens (tertiary/aromatic N) is 2.